The first-order valence-electron chi connectivity index (χ1n) is 6.73. The van der Waals surface area contributed by atoms with Gasteiger partial charge in [0.25, 0.3) is 0 Å². The number of hydrogen-bond acceptors (Lipinski definition) is 5. The molecule has 0 amide bonds. The van der Waals surface area contributed by atoms with E-state index >= 15 is 0 Å². The Labute approximate surface area is 135 Å². The summed E-state index contributed by atoms with van der Waals surface area (Å²) in [6.45, 7) is 7.13. The number of hydrogen-bond donors (Lipinski definition) is 0. The topological polar surface area (TPSA) is 57.0 Å². The summed E-state index contributed by atoms with van der Waals surface area (Å²) in [6, 6.07) is 0. The van der Waals surface area contributed by atoms with Crippen molar-refractivity contribution >= 4 is 17.3 Å². The SMILES string of the molecule is Cc1csc([C@H](OC(=O)c2cnn(C(C)(C)C)c2)C(F)(F)F)n1. The van der Waals surface area contributed by atoms with Gasteiger partial charge in [-0.15, -0.1) is 11.3 Å². The second kappa shape index (κ2) is 5.95. The molecule has 9 heteroatoms. The molecule has 0 saturated carbocycles. The maximum atomic E-state index is 13.2. The lowest BCUT2D eigenvalue weighted by atomic mass is 10.1. The summed E-state index contributed by atoms with van der Waals surface area (Å²) < 4.78 is 45.6. The van der Waals surface area contributed by atoms with Gasteiger partial charge in [0.05, 0.1) is 17.3 Å². The molecule has 0 spiro atoms. The van der Waals surface area contributed by atoms with E-state index in [2.05, 4.69) is 14.8 Å². The molecule has 23 heavy (non-hydrogen) atoms. The molecule has 0 saturated heterocycles. The van der Waals surface area contributed by atoms with Gasteiger partial charge in [-0.1, -0.05) is 0 Å². The van der Waals surface area contributed by atoms with Crippen LogP contribution in [0.1, 0.15) is 47.9 Å². The van der Waals surface area contributed by atoms with Crippen molar-refractivity contribution in [3.8, 4) is 0 Å². The zero-order valence-corrected chi connectivity index (χ0v) is 13.8. The zero-order chi connectivity index (χ0) is 17.4. The highest BCUT2D eigenvalue weighted by atomic mass is 32.1. The molecule has 0 aliphatic rings. The minimum atomic E-state index is -4.74. The molecule has 2 aromatic rings. The van der Waals surface area contributed by atoms with Gasteiger partial charge in [-0.2, -0.15) is 18.3 Å². The number of aromatic nitrogens is 3. The predicted octanol–water partition coefficient (Wildman–Crippen LogP) is 3.86. The first-order chi connectivity index (χ1) is 10.5. The van der Waals surface area contributed by atoms with E-state index < -0.39 is 23.8 Å². The number of aryl methyl sites for hydroxylation is 1. The van der Waals surface area contributed by atoms with E-state index in [0.29, 0.717) is 5.69 Å². The monoisotopic (exact) mass is 347 g/mol. The Morgan fingerprint density at radius 2 is 2.00 bits per heavy atom. The van der Waals surface area contributed by atoms with Crippen LogP contribution in [0, 0.1) is 6.92 Å². The highest BCUT2D eigenvalue weighted by Crippen LogP contribution is 2.37. The lowest BCUT2D eigenvalue weighted by molar-refractivity contribution is -0.207. The van der Waals surface area contributed by atoms with Crippen LogP contribution < -0.4 is 0 Å². The summed E-state index contributed by atoms with van der Waals surface area (Å²) in [6.07, 6.45) is -4.57. The van der Waals surface area contributed by atoms with Crippen LogP contribution in [0.15, 0.2) is 17.8 Å². The number of rotatable bonds is 3. The zero-order valence-electron chi connectivity index (χ0n) is 13.0. The number of esters is 1. The van der Waals surface area contributed by atoms with Gasteiger partial charge in [0.15, 0.2) is 0 Å². The number of alkyl halides is 3. The average molecular weight is 347 g/mol. The summed E-state index contributed by atoms with van der Waals surface area (Å²) >= 11 is 0.802. The van der Waals surface area contributed by atoms with E-state index in [-0.39, 0.29) is 10.6 Å². The van der Waals surface area contributed by atoms with Gasteiger partial charge in [0, 0.05) is 17.3 Å². The van der Waals surface area contributed by atoms with Crippen molar-refractivity contribution in [2.45, 2.75) is 45.5 Å². The fraction of sp³-hybridized carbons (Fsp3) is 0.500. The number of thiazole rings is 1. The van der Waals surface area contributed by atoms with Gasteiger partial charge in [-0.25, -0.2) is 9.78 Å². The van der Waals surface area contributed by atoms with Gasteiger partial charge < -0.3 is 4.74 Å². The molecule has 2 rings (SSSR count). The van der Waals surface area contributed by atoms with Crippen molar-refractivity contribution in [3.05, 3.63) is 34.0 Å². The smallest absolute Gasteiger partial charge is 0.432 e. The van der Waals surface area contributed by atoms with Crippen LogP contribution in [-0.4, -0.2) is 26.9 Å². The summed E-state index contributed by atoms with van der Waals surface area (Å²) in [5.74, 6) is -1.09. The van der Waals surface area contributed by atoms with Crippen LogP contribution in [0.3, 0.4) is 0 Å². The van der Waals surface area contributed by atoms with E-state index in [1.807, 2.05) is 20.8 Å². The summed E-state index contributed by atoms with van der Waals surface area (Å²) in [7, 11) is 0. The van der Waals surface area contributed by atoms with Crippen molar-refractivity contribution in [1.82, 2.24) is 14.8 Å². The highest BCUT2D eigenvalue weighted by molar-refractivity contribution is 7.09. The van der Waals surface area contributed by atoms with Crippen molar-refractivity contribution in [2.24, 2.45) is 0 Å². The Morgan fingerprint density at radius 1 is 1.35 bits per heavy atom. The molecular weight excluding hydrogens is 331 g/mol. The number of ether oxygens (including phenoxy) is 1. The quantitative estimate of drug-likeness (QED) is 0.791. The Bertz CT molecular complexity index is 701. The summed E-state index contributed by atoms with van der Waals surface area (Å²) in [4.78, 5) is 15.8. The number of carbonyl (C=O) groups excluding carboxylic acids is 1. The maximum Gasteiger partial charge on any atom is 0.432 e. The molecule has 0 aliphatic carbocycles. The first kappa shape index (κ1) is 17.5. The van der Waals surface area contributed by atoms with Crippen LogP contribution in [0.5, 0.6) is 0 Å². The summed E-state index contributed by atoms with van der Waals surface area (Å²) in [5.41, 5.74) is 0.00674. The average Bonchev–Trinajstić information content (AvgIpc) is 3.02. The molecule has 0 N–H and O–H groups in total. The Kier molecular flexibility index (Phi) is 4.52. The van der Waals surface area contributed by atoms with Crippen LogP contribution >= 0.6 is 11.3 Å². The molecule has 5 nitrogen and oxygen atoms in total. The van der Waals surface area contributed by atoms with E-state index in [0.717, 1.165) is 11.3 Å². The molecule has 1 atom stereocenters. The predicted molar refractivity (Wildman–Crippen MR) is 78.3 cm³/mol. The molecule has 0 aliphatic heterocycles. The van der Waals surface area contributed by atoms with E-state index in [1.165, 1.54) is 22.5 Å². The van der Waals surface area contributed by atoms with Crippen LogP contribution in [0.2, 0.25) is 0 Å². The Morgan fingerprint density at radius 3 is 2.43 bits per heavy atom. The molecule has 0 unspecified atom stereocenters. The van der Waals surface area contributed by atoms with Gasteiger partial charge >= 0.3 is 12.1 Å². The van der Waals surface area contributed by atoms with Gasteiger partial charge in [-0.05, 0) is 27.7 Å². The Balaban J connectivity index is 2.23. The van der Waals surface area contributed by atoms with E-state index in [4.69, 9.17) is 0 Å². The van der Waals surface area contributed by atoms with Crippen LogP contribution in [0.4, 0.5) is 13.2 Å². The third-order valence-electron chi connectivity index (χ3n) is 2.89. The standard InChI is InChI=1S/C14H16F3N3O2S/c1-8-7-23-11(19-8)10(14(15,16)17)22-12(21)9-5-18-20(6-9)13(2,3)4/h5-7,10H,1-4H3/t10-/m0/s1. The molecule has 2 heterocycles. The van der Waals surface area contributed by atoms with Crippen molar-refractivity contribution in [2.75, 3.05) is 0 Å². The van der Waals surface area contributed by atoms with Crippen molar-refractivity contribution in [3.63, 3.8) is 0 Å². The molecule has 0 fully saturated rings. The van der Waals surface area contributed by atoms with Crippen LogP contribution in [0.25, 0.3) is 0 Å². The third-order valence-corrected chi connectivity index (χ3v) is 3.89. The van der Waals surface area contributed by atoms with Gasteiger partial charge in [0.2, 0.25) is 6.10 Å². The molecular formula is C14H16F3N3O2S. The number of carbonyl (C=O) groups is 1. The number of nitrogens with zero attached hydrogens (tertiary/aromatic N) is 3. The van der Waals surface area contributed by atoms with Gasteiger partial charge in [-0.3, -0.25) is 4.68 Å². The lowest BCUT2D eigenvalue weighted by Gasteiger charge is -2.19. The molecule has 0 radical (unpaired) electrons. The first-order valence-corrected chi connectivity index (χ1v) is 7.61. The maximum absolute atomic E-state index is 13.2. The van der Waals surface area contributed by atoms with Gasteiger partial charge in [0.1, 0.15) is 5.01 Å². The van der Waals surface area contributed by atoms with Crippen molar-refractivity contribution in [1.29, 1.82) is 0 Å². The van der Waals surface area contributed by atoms with E-state index in [9.17, 15) is 18.0 Å². The van der Waals surface area contributed by atoms with Crippen molar-refractivity contribution < 1.29 is 22.7 Å². The fourth-order valence-electron chi connectivity index (χ4n) is 1.72. The molecule has 126 valence electrons. The molecule has 0 bridgehead atoms. The summed E-state index contributed by atoms with van der Waals surface area (Å²) in [5, 5.41) is 5.15. The Hall–Kier alpha value is -1.90. The lowest BCUT2D eigenvalue weighted by Crippen LogP contribution is -2.26. The third kappa shape index (κ3) is 4.10. The van der Waals surface area contributed by atoms with E-state index in [1.54, 1.807) is 6.92 Å². The second-order valence-corrected chi connectivity index (χ2v) is 6.89. The fourth-order valence-corrected chi connectivity index (χ4v) is 2.57. The number of halogens is 3. The molecule has 0 aromatic carbocycles. The minimum Gasteiger partial charge on any atom is -0.441 e. The van der Waals surface area contributed by atoms with Crippen LogP contribution in [-0.2, 0) is 10.3 Å². The molecule has 2 aromatic heterocycles. The second-order valence-electron chi connectivity index (χ2n) is 6.00. The minimum absolute atomic E-state index is 0.0394. The normalized spacial score (nSPS) is 13.9. The largest absolute Gasteiger partial charge is 0.441 e. The highest BCUT2D eigenvalue weighted by Gasteiger charge is 2.46.